The lowest BCUT2D eigenvalue weighted by molar-refractivity contribution is -0.168. The van der Waals surface area contributed by atoms with E-state index in [1.807, 2.05) is 0 Å². The van der Waals surface area contributed by atoms with Crippen molar-refractivity contribution in [2.45, 2.75) is 71.3 Å². The standard InChI is InChI=1S/C35H41N3O12/c1-21(39)46-19-48-30(42)10-8-28(35(45)49-20-47-22(2)40)36-33(43)23-11-15-37(16-12-23)29(41)9-7-25-18-26-17-24-5-3-13-38-14-4-6-27(31(24)38)32(26)50-34(25)44/h7,9,17-18,23,28H,3-6,8,10-16,19-20H2,1-2H3,(H,36,43)/b9-7+/t28-/m0/s1. The molecule has 2 aromatic rings. The van der Waals surface area contributed by atoms with E-state index in [0.717, 1.165) is 63.6 Å². The first-order valence-corrected chi connectivity index (χ1v) is 16.7. The molecular weight excluding hydrogens is 654 g/mol. The Morgan fingerprint density at radius 2 is 1.60 bits per heavy atom. The molecule has 0 bridgehead atoms. The van der Waals surface area contributed by atoms with E-state index in [9.17, 15) is 33.6 Å². The molecule has 15 heteroatoms. The van der Waals surface area contributed by atoms with Crippen LogP contribution in [0.15, 0.2) is 27.4 Å². The Bertz CT molecular complexity index is 1740. The summed E-state index contributed by atoms with van der Waals surface area (Å²) in [5.74, 6) is -4.37. The molecule has 2 amide bonds. The number of ether oxygens (including phenoxy) is 4. The fraction of sp³-hybridized carbons (Fsp3) is 0.514. The van der Waals surface area contributed by atoms with Gasteiger partial charge in [0, 0.05) is 75.1 Å². The first kappa shape index (κ1) is 36.1. The lowest BCUT2D eigenvalue weighted by atomic mass is 9.90. The van der Waals surface area contributed by atoms with Crippen LogP contribution >= 0.6 is 0 Å². The number of fused-ring (bicyclic) bond motifs is 2. The average molecular weight is 696 g/mol. The molecule has 4 heterocycles. The highest BCUT2D eigenvalue weighted by Crippen LogP contribution is 2.39. The van der Waals surface area contributed by atoms with Gasteiger partial charge in [-0.15, -0.1) is 0 Å². The van der Waals surface area contributed by atoms with Crippen LogP contribution in [0.5, 0.6) is 0 Å². The number of nitrogens with zero attached hydrogens (tertiary/aromatic N) is 2. The lowest BCUT2D eigenvalue weighted by Crippen LogP contribution is -2.48. The predicted octanol–water partition coefficient (Wildman–Crippen LogP) is 2.14. The van der Waals surface area contributed by atoms with Gasteiger partial charge >= 0.3 is 29.5 Å². The van der Waals surface area contributed by atoms with E-state index in [2.05, 4.69) is 25.8 Å². The van der Waals surface area contributed by atoms with Gasteiger partial charge in [-0.25, -0.2) is 9.59 Å². The highest BCUT2D eigenvalue weighted by Gasteiger charge is 2.31. The second kappa shape index (κ2) is 16.5. The number of hydrogen-bond donors (Lipinski definition) is 1. The van der Waals surface area contributed by atoms with E-state index < -0.39 is 61.0 Å². The van der Waals surface area contributed by atoms with E-state index in [0.29, 0.717) is 18.4 Å². The molecule has 1 N–H and O–H groups in total. The van der Waals surface area contributed by atoms with Crippen LogP contribution in [0.3, 0.4) is 0 Å². The van der Waals surface area contributed by atoms with Crippen LogP contribution in [0.25, 0.3) is 17.0 Å². The summed E-state index contributed by atoms with van der Waals surface area (Å²) in [6, 6.07) is 2.60. The van der Waals surface area contributed by atoms with Gasteiger partial charge in [0.05, 0.1) is 5.56 Å². The van der Waals surface area contributed by atoms with Crippen LogP contribution in [-0.2, 0) is 60.6 Å². The normalized spacial score (nSPS) is 16.4. The van der Waals surface area contributed by atoms with Crippen molar-refractivity contribution in [2.24, 2.45) is 5.92 Å². The van der Waals surface area contributed by atoms with Gasteiger partial charge in [-0.05, 0) is 68.7 Å². The summed E-state index contributed by atoms with van der Waals surface area (Å²) in [6.45, 7) is 3.54. The van der Waals surface area contributed by atoms with Gasteiger partial charge in [0.25, 0.3) is 0 Å². The number of rotatable bonds is 12. The maximum Gasteiger partial charge on any atom is 0.343 e. The van der Waals surface area contributed by atoms with E-state index in [-0.39, 0.29) is 37.4 Å². The van der Waals surface area contributed by atoms with Crippen LogP contribution in [0, 0.1) is 5.92 Å². The number of carbonyl (C=O) groups excluding carboxylic acids is 6. The molecule has 0 aliphatic carbocycles. The first-order chi connectivity index (χ1) is 24.0. The zero-order valence-electron chi connectivity index (χ0n) is 28.2. The van der Waals surface area contributed by atoms with Gasteiger partial charge in [-0.3, -0.25) is 24.0 Å². The van der Waals surface area contributed by atoms with Crippen LogP contribution in [0.4, 0.5) is 5.69 Å². The third-order valence-electron chi connectivity index (χ3n) is 9.01. The molecule has 1 aromatic heterocycles. The van der Waals surface area contributed by atoms with Crippen molar-refractivity contribution >= 4 is 58.4 Å². The molecule has 0 radical (unpaired) electrons. The Kier molecular flexibility index (Phi) is 11.9. The molecule has 15 nitrogen and oxygen atoms in total. The Labute approximate surface area is 287 Å². The second-order valence-corrected chi connectivity index (χ2v) is 12.5. The number of aryl methyl sites for hydroxylation is 2. The number of carbonyl (C=O) groups is 6. The number of benzene rings is 1. The molecule has 1 saturated heterocycles. The number of piperidine rings is 1. The topological polar surface area (TPSA) is 188 Å². The molecular formula is C35H41N3O12. The molecule has 5 rings (SSSR count). The minimum Gasteiger partial charge on any atom is -0.428 e. The minimum absolute atomic E-state index is 0.198. The van der Waals surface area contributed by atoms with Crippen molar-refractivity contribution in [3.8, 4) is 0 Å². The van der Waals surface area contributed by atoms with Crippen molar-refractivity contribution in [3.63, 3.8) is 0 Å². The molecule has 3 aliphatic rings. The second-order valence-electron chi connectivity index (χ2n) is 12.5. The van der Waals surface area contributed by atoms with Gasteiger partial charge in [0.2, 0.25) is 25.4 Å². The number of amides is 2. The average Bonchev–Trinajstić information content (AvgIpc) is 3.09. The third-order valence-corrected chi connectivity index (χ3v) is 9.01. The van der Waals surface area contributed by atoms with Crippen LogP contribution < -0.4 is 15.8 Å². The van der Waals surface area contributed by atoms with E-state index in [1.165, 1.54) is 23.4 Å². The maximum atomic E-state index is 13.1. The molecule has 0 spiro atoms. The minimum atomic E-state index is -1.26. The summed E-state index contributed by atoms with van der Waals surface area (Å²) in [5, 5.41) is 3.43. The van der Waals surface area contributed by atoms with Crippen molar-refractivity contribution in [1.82, 2.24) is 10.2 Å². The van der Waals surface area contributed by atoms with Gasteiger partial charge in [0.15, 0.2) is 0 Å². The van der Waals surface area contributed by atoms with Crippen LogP contribution in [0.1, 0.15) is 69.1 Å². The zero-order chi connectivity index (χ0) is 35.8. The Balaban J connectivity index is 1.16. The number of nitrogens with one attached hydrogen (secondary N) is 1. The largest absolute Gasteiger partial charge is 0.428 e. The predicted molar refractivity (Wildman–Crippen MR) is 176 cm³/mol. The SMILES string of the molecule is CC(=O)OCOC(=O)CC[C@H](NC(=O)C1CCN(C(=O)/C=C/c2cc3cc4c5c(c3oc2=O)CCCN5CCC4)CC1)C(=O)OCOC(C)=O. The smallest absolute Gasteiger partial charge is 0.343 e. The van der Waals surface area contributed by atoms with Crippen molar-refractivity contribution < 1.29 is 52.1 Å². The molecule has 1 atom stereocenters. The highest BCUT2D eigenvalue weighted by atomic mass is 16.7. The van der Waals surface area contributed by atoms with Gasteiger partial charge in [-0.2, -0.15) is 0 Å². The molecule has 1 aromatic carbocycles. The van der Waals surface area contributed by atoms with Gasteiger partial charge in [0.1, 0.15) is 11.6 Å². The quantitative estimate of drug-likeness (QED) is 0.147. The number of hydrogen-bond acceptors (Lipinski definition) is 13. The van der Waals surface area contributed by atoms with Crippen molar-refractivity contribution in [1.29, 1.82) is 0 Å². The van der Waals surface area contributed by atoms with E-state index >= 15 is 0 Å². The van der Waals surface area contributed by atoms with E-state index in [1.54, 1.807) is 11.0 Å². The summed E-state index contributed by atoms with van der Waals surface area (Å²) in [5.41, 5.74) is 3.93. The fourth-order valence-electron chi connectivity index (χ4n) is 6.53. The summed E-state index contributed by atoms with van der Waals surface area (Å²) in [4.78, 5) is 89.7. The zero-order valence-corrected chi connectivity index (χ0v) is 28.2. The van der Waals surface area contributed by atoms with Gasteiger partial charge in [-0.1, -0.05) is 0 Å². The first-order valence-electron chi connectivity index (χ1n) is 16.7. The summed E-state index contributed by atoms with van der Waals surface area (Å²) < 4.78 is 24.7. The summed E-state index contributed by atoms with van der Waals surface area (Å²) >= 11 is 0. The highest BCUT2D eigenvalue weighted by molar-refractivity contribution is 5.94. The number of likely N-dealkylation sites (tertiary alicyclic amines) is 1. The monoisotopic (exact) mass is 695 g/mol. The van der Waals surface area contributed by atoms with Crippen molar-refractivity contribution in [2.75, 3.05) is 44.7 Å². The Morgan fingerprint density at radius 1 is 0.920 bits per heavy atom. The van der Waals surface area contributed by atoms with Gasteiger partial charge < -0.3 is 38.5 Å². The van der Waals surface area contributed by atoms with Crippen molar-refractivity contribution in [3.05, 3.63) is 45.3 Å². The summed E-state index contributed by atoms with van der Waals surface area (Å²) in [7, 11) is 0. The van der Waals surface area contributed by atoms with Crippen LogP contribution in [0.2, 0.25) is 0 Å². The van der Waals surface area contributed by atoms with Crippen LogP contribution in [-0.4, -0.2) is 86.4 Å². The summed E-state index contributed by atoms with van der Waals surface area (Å²) in [6.07, 6.45) is 6.80. The molecule has 3 aliphatic heterocycles. The number of esters is 4. The number of anilines is 1. The Morgan fingerprint density at radius 3 is 2.30 bits per heavy atom. The third kappa shape index (κ3) is 9.07. The fourth-order valence-corrected chi connectivity index (χ4v) is 6.53. The molecule has 50 heavy (non-hydrogen) atoms. The Hall–Kier alpha value is -5.21. The maximum absolute atomic E-state index is 13.1. The molecule has 0 unspecified atom stereocenters. The molecule has 1 fully saturated rings. The lowest BCUT2D eigenvalue weighted by Gasteiger charge is -2.37. The molecule has 0 saturated carbocycles. The molecule has 268 valence electrons. The van der Waals surface area contributed by atoms with E-state index in [4.69, 9.17) is 13.9 Å².